The molecule has 0 saturated carbocycles. The number of nitro benzene ring substituents is 1. The van der Waals surface area contributed by atoms with Gasteiger partial charge in [0.25, 0.3) is 11.6 Å². The Morgan fingerprint density at radius 2 is 2.12 bits per heavy atom. The van der Waals surface area contributed by atoms with Gasteiger partial charge in [-0.1, -0.05) is 23.7 Å². The fourth-order valence-electron chi connectivity index (χ4n) is 1.67. The molecule has 0 radical (unpaired) electrons. The number of hydrogen-bond donors (Lipinski definition) is 2. The largest absolute Gasteiger partial charge is 0.507 e. The number of nitrogens with zero attached hydrogens (tertiary/aromatic N) is 2. The number of para-hydroxylation sites is 1. The van der Waals surface area contributed by atoms with Crippen molar-refractivity contribution in [3.05, 3.63) is 63.2 Å². The number of hydrogen-bond acceptors (Lipinski definition) is 6. The summed E-state index contributed by atoms with van der Waals surface area (Å²) in [5, 5.41) is 24.3. The number of carbonyl (C=O) groups is 1. The number of aromatic hydroxyl groups is 1. The molecule has 0 spiro atoms. The molecule has 0 heterocycles. The maximum absolute atomic E-state index is 11.6. The first kappa shape index (κ1) is 17.2. The Balaban J connectivity index is 1.92. The fourth-order valence-corrected chi connectivity index (χ4v) is 1.86. The van der Waals surface area contributed by atoms with E-state index in [4.69, 9.17) is 16.3 Å². The van der Waals surface area contributed by atoms with Crippen LogP contribution >= 0.6 is 11.6 Å². The van der Waals surface area contributed by atoms with Crippen LogP contribution in [0.15, 0.2) is 47.6 Å². The van der Waals surface area contributed by atoms with E-state index < -0.39 is 10.8 Å². The van der Waals surface area contributed by atoms with Crippen molar-refractivity contribution in [3.63, 3.8) is 0 Å². The molecule has 1 amide bonds. The number of halogens is 1. The van der Waals surface area contributed by atoms with Crippen LogP contribution in [-0.2, 0) is 4.79 Å². The van der Waals surface area contributed by atoms with Crippen LogP contribution in [0.3, 0.4) is 0 Å². The minimum absolute atomic E-state index is 0.0940. The van der Waals surface area contributed by atoms with Gasteiger partial charge in [-0.25, -0.2) is 5.43 Å². The van der Waals surface area contributed by atoms with Gasteiger partial charge in [-0.05, 0) is 18.2 Å². The predicted octanol–water partition coefficient (Wildman–Crippen LogP) is 2.48. The average molecular weight is 350 g/mol. The first-order valence-corrected chi connectivity index (χ1v) is 7.02. The molecule has 2 aromatic rings. The number of non-ortho nitro benzene ring substituents is 1. The molecule has 0 unspecified atom stereocenters. The van der Waals surface area contributed by atoms with Gasteiger partial charge in [0.15, 0.2) is 6.61 Å². The molecular weight excluding hydrogens is 338 g/mol. The molecule has 0 aliphatic heterocycles. The van der Waals surface area contributed by atoms with E-state index in [-0.39, 0.29) is 23.6 Å². The van der Waals surface area contributed by atoms with E-state index in [1.165, 1.54) is 6.07 Å². The summed E-state index contributed by atoms with van der Waals surface area (Å²) in [5.41, 5.74) is 2.07. The highest BCUT2D eigenvalue weighted by atomic mass is 35.5. The number of nitro groups is 1. The van der Waals surface area contributed by atoms with E-state index in [2.05, 4.69) is 10.5 Å². The molecule has 9 heteroatoms. The molecule has 8 nitrogen and oxygen atoms in total. The van der Waals surface area contributed by atoms with Crippen LogP contribution in [0, 0.1) is 10.1 Å². The summed E-state index contributed by atoms with van der Waals surface area (Å²) in [6.07, 6.45) is 1.09. The molecule has 0 aromatic heterocycles. The molecule has 0 aliphatic carbocycles. The summed E-state index contributed by atoms with van der Waals surface area (Å²) in [6, 6.07) is 10.1. The maximum Gasteiger partial charge on any atom is 0.277 e. The van der Waals surface area contributed by atoms with Crippen LogP contribution in [0.1, 0.15) is 5.56 Å². The van der Waals surface area contributed by atoms with Crippen molar-refractivity contribution in [2.75, 3.05) is 6.61 Å². The normalized spacial score (nSPS) is 10.5. The highest BCUT2D eigenvalue weighted by molar-refractivity contribution is 6.32. The first-order valence-electron chi connectivity index (χ1n) is 6.64. The van der Waals surface area contributed by atoms with Crippen molar-refractivity contribution in [3.8, 4) is 11.5 Å². The second-order valence-electron chi connectivity index (χ2n) is 4.51. The van der Waals surface area contributed by atoms with E-state index in [9.17, 15) is 20.0 Å². The van der Waals surface area contributed by atoms with Gasteiger partial charge in [0.2, 0.25) is 0 Å². The zero-order chi connectivity index (χ0) is 17.5. The second-order valence-corrected chi connectivity index (χ2v) is 4.92. The Morgan fingerprint density at radius 1 is 1.38 bits per heavy atom. The number of phenolic OH excluding ortho intramolecular Hbond substituents is 1. The smallest absolute Gasteiger partial charge is 0.277 e. The standard InChI is InChI=1S/C15H12ClN3O5/c16-12-3-1-2-4-14(12)24-9-15(21)18-17-8-10-7-11(19(22)23)5-6-13(10)20/h1-8,20H,9H2,(H,18,21). The fraction of sp³-hybridized carbons (Fsp3) is 0.0667. The molecule has 0 saturated heterocycles. The van der Waals surface area contributed by atoms with E-state index in [1.807, 2.05) is 0 Å². The van der Waals surface area contributed by atoms with Crippen molar-refractivity contribution < 1.29 is 19.6 Å². The van der Waals surface area contributed by atoms with Crippen LogP contribution in [-0.4, -0.2) is 28.8 Å². The highest BCUT2D eigenvalue weighted by Gasteiger charge is 2.09. The van der Waals surface area contributed by atoms with Crippen LogP contribution in [0.2, 0.25) is 5.02 Å². The van der Waals surface area contributed by atoms with Gasteiger partial charge in [0.05, 0.1) is 16.2 Å². The topological polar surface area (TPSA) is 114 Å². The number of benzene rings is 2. The molecule has 0 bridgehead atoms. The van der Waals surface area contributed by atoms with Crippen molar-refractivity contribution >= 4 is 29.4 Å². The number of rotatable bonds is 6. The van der Waals surface area contributed by atoms with Gasteiger partial charge in [0.1, 0.15) is 11.5 Å². The molecule has 2 rings (SSSR count). The van der Waals surface area contributed by atoms with Crippen molar-refractivity contribution in [1.29, 1.82) is 0 Å². The lowest BCUT2D eigenvalue weighted by Crippen LogP contribution is -2.24. The minimum atomic E-state index is -0.604. The zero-order valence-corrected chi connectivity index (χ0v) is 12.9. The van der Waals surface area contributed by atoms with E-state index in [1.54, 1.807) is 24.3 Å². The van der Waals surface area contributed by atoms with Crippen molar-refractivity contribution in [2.24, 2.45) is 5.10 Å². The third-order valence-corrected chi connectivity index (χ3v) is 3.12. The Bertz CT molecular complexity index is 794. The predicted molar refractivity (Wildman–Crippen MR) is 87.4 cm³/mol. The number of ether oxygens (including phenoxy) is 1. The molecule has 2 aromatic carbocycles. The van der Waals surface area contributed by atoms with E-state index >= 15 is 0 Å². The van der Waals surface area contributed by atoms with Gasteiger partial charge in [-0.3, -0.25) is 14.9 Å². The van der Waals surface area contributed by atoms with Gasteiger partial charge in [-0.2, -0.15) is 5.10 Å². The lowest BCUT2D eigenvalue weighted by atomic mass is 10.2. The third-order valence-electron chi connectivity index (χ3n) is 2.81. The second kappa shape index (κ2) is 7.93. The van der Waals surface area contributed by atoms with Crippen molar-refractivity contribution in [2.45, 2.75) is 0 Å². The Labute approximate surface area is 141 Å². The first-order chi connectivity index (χ1) is 11.5. The molecule has 0 aliphatic rings. The molecule has 0 atom stereocenters. The summed E-state index contributed by atoms with van der Waals surface area (Å²) in [5.74, 6) is -0.406. The quantitative estimate of drug-likeness (QED) is 0.472. The lowest BCUT2D eigenvalue weighted by Gasteiger charge is -2.06. The van der Waals surface area contributed by atoms with Gasteiger partial charge in [0, 0.05) is 17.7 Å². The lowest BCUT2D eigenvalue weighted by molar-refractivity contribution is -0.384. The van der Waals surface area contributed by atoms with E-state index in [0.29, 0.717) is 10.8 Å². The molecule has 24 heavy (non-hydrogen) atoms. The van der Waals surface area contributed by atoms with Gasteiger partial charge >= 0.3 is 0 Å². The molecule has 2 N–H and O–H groups in total. The number of phenols is 1. The summed E-state index contributed by atoms with van der Waals surface area (Å²) in [6.45, 7) is -0.317. The van der Waals surface area contributed by atoms with E-state index in [0.717, 1.165) is 18.3 Å². The summed E-state index contributed by atoms with van der Waals surface area (Å²) in [4.78, 5) is 21.7. The number of amides is 1. The van der Waals surface area contributed by atoms with Gasteiger partial charge in [-0.15, -0.1) is 0 Å². The maximum atomic E-state index is 11.6. The number of hydrazone groups is 1. The SMILES string of the molecule is O=C(COc1ccccc1Cl)NN=Cc1cc([N+](=O)[O-])ccc1O. The third kappa shape index (κ3) is 4.68. The Morgan fingerprint density at radius 3 is 2.83 bits per heavy atom. The summed E-state index contributed by atoms with van der Waals surface area (Å²) >= 11 is 5.88. The minimum Gasteiger partial charge on any atom is -0.507 e. The zero-order valence-electron chi connectivity index (χ0n) is 12.2. The van der Waals surface area contributed by atoms with Crippen molar-refractivity contribution in [1.82, 2.24) is 5.43 Å². The van der Waals surface area contributed by atoms with Crippen LogP contribution in [0.4, 0.5) is 5.69 Å². The monoisotopic (exact) mass is 349 g/mol. The Kier molecular flexibility index (Phi) is 5.69. The summed E-state index contributed by atoms with van der Waals surface area (Å²) in [7, 11) is 0. The summed E-state index contributed by atoms with van der Waals surface area (Å²) < 4.78 is 5.22. The van der Waals surface area contributed by atoms with Gasteiger partial charge < -0.3 is 9.84 Å². The molecule has 124 valence electrons. The molecular formula is C15H12ClN3O5. The molecule has 0 fully saturated rings. The number of nitrogens with one attached hydrogen (secondary N) is 1. The Hall–Kier alpha value is -3.13. The average Bonchev–Trinajstić information content (AvgIpc) is 2.55. The highest BCUT2D eigenvalue weighted by Crippen LogP contribution is 2.23. The number of carbonyl (C=O) groups excluding carboxylic acids is 1. The van der Waals surface area contributed by atoms with Crippen LogP contribution in [0.5, 0.6) is 11.5 Å². The van der Waals surface area contributed by atoms with Crippen LogP contribution in [0.25, 0.3) is 0 Å². The van der Waals surface area contributed by atoms with Crippen LogP contribution < -0.4 is 10.2 Å².